The van der Waals surface area contributed by atoms with Crippen molar-refractivity contribution in [3.05, 3.63) is 41.2 Å². The average molecular weight is 385 g/mol. The molecule has 3 rings (SSSR count). The molecule has 2 aliphatic heterocycles. The Kier molecular flexibility index (Phi) is 4.99. The number of nitrogens with zero attached hydrogens (tertiary/aromatic N) is 1. The van der Waals surface area contributed by atoms with Gasteiger partial charge in [-0.2, -0.15) is 13.2 Å². The number of amides is 1. The van der Waals surface area contributed by atoms with Crippen molar-refractivity contribution in [1.82, 2.24) is 4.90 Å². The largest absolute Gasteiger partial charge is 0.444 e. The molecule has 0 aliphatic carbocycles. The average Bonchev–Trinajstić information content (AvgIpc) is 2.50. The Morgan fingerprint density at radius 1 is 1.19 bits per heavy atom. The van der Waals surface area contributed by atoms with Crippen LogP contribution in [0.5, 0.6) is 0 Å². The van der Waals surface area contributed by atoms with Crippen LogP contribution in [0.3, 0.4) is 0 Å². The molecular formula is C20H23F4NO2. The van der Waals surface area contributed by atoms with E-state index < -0.39 is 29.3 Å². The highest BCUT2D eigenvalue weighted by molar-refractivity contribution is 5.76. The molecule has 0 N–H and O–H groups in total. The summed E-state index contributed by atoms with van der Waals surface area (Å²) in [6, 6.07) is 2.83. The summed E-state index contributed by atoms with van der Waals surface area (Å²) in [6.07, 6.45) is -1.10. The Bertz CT molecular complexity index is 764. The summed E-state index contributed by atoms with van der Waals surface area (Å²) in [4.78, 5) is 14.2. The van der Waals surface area contributed by atoms with Crippen LogP contribution in [-0.2, 0) is 10.9 Å². The van der Waals surface area contributed by atoms with Gasteiger partial charge in [0.15, 0.2) is 0 Å². The number of benzene rings is 1. The van der Waals surface area contributed by atoms with Gasteiger partial charge in [-0.25, -0.2) is 9.18 Å². The number of carbonyl (C=O) groups is 1. The van der Waals surface area contributed by atoms with E-state index in [1.807, 2.05) is 0 Å². The number of carbonyl (C=O) groups excluding carboxylic acids is 1. The predicted octanol–water partition coefficient (Wildman–Crippen LogP) is 5.79. The minimum absolute atomic E-state index is 0.136. The fraction of sp³-hybridized carbons (Fsp3) is 0.550. The van der Waals surface area contributed by atoms with E-state index in [4.69, 9.17) is 4.74 Å². The number of piperidine rings is 1. The van der Waals surface area contributed by atoms with E-state index in [1.54, 1.807) is 31.7 Å². The van der Waals surface area contributed by atoms with Crippen LogP contribution in [0.1, 0.15) is 57.6 Å². The molecule has 148 valence electrons. The highest BCUT2D eigenvalue weighted by Crippen LogP contribution is 2.42. The summed E-state index contributed by atoms with van der Waals surface area (Å²) in [6.45, 7) is 5.32. The molecule has 0 aromatic heterocycles. The quantitative estimate of drug-likeness (QED) is 0.573. The van der Waals surface area contributed by atoms with E-state index >= 15 is 0 Å². The minimum Gasteiger partial charge on any atom is -0.444 e. The predicted molar refractivity (Wildman–Crippen MR) is 93.5 cm³/mol. The standard InChI is InChI=1S/C20H23F4NO2/c1-19(2,3)27-18(26)25-13-6-4-7-14(25)11-12(10-13)15-8-5-9-16(21)17(15)20(22,23)24/h5,8-10,13-14H,4,6-7,11H2,1-3H3. The van der Waals surface area contributed by atoms with Gasteiger partial charge in [0.1, 0.15) is 11.4 Å². The summed E-state index contributed by atoms with van der Waals surface area (Å²) in [7, 11) is 0. The van der Waals surface area contributed by atoms with E-state index in [0.29, 0.717) is 18.4 Å². The molecule has 2 heterocycles. The van der Waals surface area contributed by atoms with Crippen molar-refractivity contribution < 1.29 is 27.1 Å². The van der Waals surface area contributed by atoms with Gasteiger partial charge in [0.2, 0.25) is 0 Å². The van der Waals surface area contributed by atoms with Crippen molar-refractivity contribution in [2.75, 3.05) is 0 Å². The van der Waals surface area contributed by atoms with Gasteiger partial charge in [0, 0.05) is 6.04 Å². The molecule has 1 saturated heterocycles. The zero-order chi connectivity index (χ0) is 20.0. The SMILES string of the molecule is CC(C)(C)OC(=O)N1C2C=C(c3cccc(F)c3C(F)(F)F)CC1CCC2. The lowest BCUT2D eigenvalue weighted by Crippen LogP contribution is -2.53. The Morgan fingerprint density at radius 2 is 1.89 bits per heavy atom. The summed E-state index contributed by atoms with van der Waals surface area (Å²) in [5.74, 6) is -1.28. The molecule has 2 atom stereocenters. The third kappa shape index (κ3) is 4.12. The van der Waals surface area contributed by atoms with Crippen molar-refractivity contribution in [3.63, 3.8) is 0 Å². The van der Waals surface area contributed by atoms with Crippen molar-refractivity contribution in [1.29, 1.82) is 0 Å². The Hall–Kier alpha value is -2.05. The van der Waals surface area contributed by atoms with Crippen molar-refractivity contribution in [2.24, 2.45) is 0 Å². The second-order valence-electron chi connectivity index (χ2n) is 8.10. The van der Waals surface area contributed by atoms with Gasteiger partial charge in [-0.3, -0.25) is 4.90 Å². The summed E-state index contributed by atoms with van der Waals surface area (Å²) >= 11 is 0. The number of fused-ring (bicyclic) bond motifs is 2. The van der Waals surface area contributed by atoms with E-state index in [-0.39, 0.29) is 24.1 Å². The van der Waals surface area contributed by atoms with E-state index in [9.17, 15) is 22.4 Å². The normalized spacial score (nSPS) is 23.1. The van der Waals surface area contributed by atoms with E-state index in [1.165, 1.54) is 12.1 Å². The molecule has 7 heteroatoms. The van der Waals surface area contributed by atoms with Crippen LogP contribution in [0.15, 0.2) is 24.3 Å². The van der Waals surface area contributed by atoms with Gasteiger partial charge in [-0.15, -0.1) is 0 Å². The number of halogens is 4. The van der Waals surface area contributed by atoms with Crippen molar-refractivity contribution >= 4 is 11.7 Å². The molecule has 1 aromatic carbocycles. The Morgan fingerprint density at radius 3 is 2.48 bits per heavy atom. The van der Waals surface area contributed by atoms with Crippen LogP contribution < -0.4 is 0 Å². The summed E-state index contributed by atoms with van der Waals surface area (Å²) < 4.78 is 59.6. The molecule has 1 fully saturated rings. The molecule has 0 saturated carbocycles. The van der Waals surface area contributed by atoms with Gasteiger partial charge in [0.05, 0.1) is 11.6 Å². The van der Waals surface area contributed by atoms with Crippen LogP contribution >= 0.6 is 0 Å². The fourth-order valence-corrected chi connectivity index (χ4v) is 3.91. The van der Waals surface area contributed by atoms with Gasteiger partial charge < -0.3 is 4.74 Å². The maximum Gasteiger partial charge on any atom is 0.419 e. The van der Waals surface area contributed by atoms with Crippen molar-refractivity contribution in [3.8, 4) is 0 Å². The smallest absolute Gasteiger partial charge is 0.419 e. The maximum absolute atomic E-state index is 14.0. The van der Waals surface area contributed by atoms with Crippen LogP contribution in [0.25, 0.3) is 5.57 Å². The highest BCUT2D eigenvalue weighted by atomic mass is 19.4. The zero-order valence-corrected chi connectivity index (χ0v) is 15.6. The Balaban J connectivity index is 1.98. The molecule has 2 aliphatic rings. The molecule has 2 unspecified atom stereocenters. The molecule has 3 nitrogen and oxygen atoms in total. The molecule has 2 bridgehead atoms. The zero-order valence-electron chi connectivity index (χ0n) is 15.6. The Labute approximate surface area is 156 Å². The number of hydrogen-bond donors (Lipinski definition) is 0. The minimum atomic E-state index is -4.78. The topological polar surface area (TPSA) is 29.5 Å². The molecule has 1 amide bonds. The van der Waals surface area contributed by atoms with Crippen LogP contribution in [0.4, 0.5) is 22.4 Å². The summed E-state index contributed by atoms with van der Waals surface area (Å²) in [5, 5.41) is 0. The monoisotopic (exact) mass is 385 g/mol. The first-order valence-corrected chi connectivity index (χ1v) is 9.05. The van der Waals surface area contributed by atoms with Gasteiger partial charge in [-0.1, -0.05) is 18.2 Å². The lowest BCUT2D eigenvalue weighted by Gasteiger charge is -2.45. The second kappa shape index (κ2) is 6.84. The van der Waals surface area contributed by atoms with Gasteiger partial charge in [-0.05, 0) is 63.7 Å². The molecule has 0 spiro atoms. The molecular weight excluding hydrogens is 362 g/mol. The first kappa shape index (κ1) is 19.7. The van der Waals surface area contributed by atoms with E-state index in [2.05, 4.69) is 0 Å². The molecule has 0 radical (unpaired) electrons. The molecule has 1 aromatic rings. The third-order valence-corrected chi connectivity index (χ3v) is 4.88. The van der Waals surface area contributed by atoms with Crippen molar-refractivity contribution in [2.45, 2.75) is 70.3 Å². The number of ether oxygens (including phenoxy) is 1. The first-order chi connectivity index (χ1) is 12.5. The highest BCUT2D eigenvalue weighted by Gasteiger charge is 2.42. The maximum atomic E-state index is 14.0. The number of rotatable bonds is 1. The van der Waals surface area contributed by atoms with Crippen LogP contribution in [0.2, 0.25) is 0 Å². The van der Waals surface area contributed by atoms with E-state index in [0.717, 1.165) is 12.5 Å². The molecule has 27 heavy (non-hydrogen) atoms. The van der Waals surface area contributed by atoms with Gasteiger partial charge in [0.25, 0.3) is 0 Å². The fourth-order valence-electron chi connectivity index (χ4n) is 3.91. The summed E-state index contributed by atoms with van der Waals surface area (Å²) in [5.41, 5.74) is -1.58. The third-order valence-electron chi connectivity index (χ3n) is 4.88. The number of alkyl halides is 3. The lowest BCUT2D eigenvalue weighted by molar-refractivity contribution is -0.140. The lowest BCUT2D eigenvalue weighted by atomic mass is 9.82. The van der Waals surface area contributed by atoms with Gasteiger partial charge >= 0.3 is 12.3 Å². The number of hydrogen-bond acceptors (Lipinski definition) is 2. The first-order valence-electron chi connectivity index (χ1n) is 9.05. The van der Waals surface area contributed by atoms with Crippen LogP contribution in [0, 0.1) is 5.82 Å². The van der Waals surface area contributed by atoms with Crippen LogP contribution in [-0.4, -0.2) is 28.7 Å². The second-order valence-corrected chi connectivity index (χ2v) is 8.10.